The first-order chi connectivity index (χ1) is 16.2. The zero-order valence-corrected chi connectivity index (χ0v) is 20.1. The Morgan fingerprint density at radius 2 is 1.68 bits per heavy atom. The van der Waals surface area contributed by atoms with Crippen molar-refractivity contribution in [3.8, 4) is 5.75 Å². The van der Waals surface area contributed by atoms with E-state index in [-0.39, 0.29) is 12.4 Å². The minimum Gasteiger partial charge on any atom is -0.490 e. The van der Waals surface area contributed by atoms with E-state index in [9.17, 15) is 19.5 Å². The molecular formula is C25H37NO8. The van der Waals surface area contributed by atoms with Crippen molar-refractivity contribution in [2.24, 2.45) is 0 Å². The van der Waals surface area contributed by atoms with E-state index in [4.69, 9.17) is 19.7 Å². The molecule has 0 spiro atoms. The molecule has 3 N–H and O–H groups in total. The van der Waals surface area contributed by atoms with Crippen LogP contribution in [0.1, 0.15) is 61.9 Å². The van der Waals surface area contributed by atoms with Crippen molar-refractivity contribution in [1.29, 1.82) is 0 Å². The molecule has 1 aromatic carbocycles. The van der Waals surface area contributed by atoms with Gasteiger partial charge in [0.2, 0.25) is 0 Å². The molecule has 0 amide bonds. The van der Waals surface area contributed by atoms with Gasteiger partial charge in [0.05, 0.1) is 6.61 Å². The number of carboxylic acids is 2. The standard InChI is InChI=1S/C21H33NO4.C4H4O4/c1-3-12-25-15-19-13-18(17(2)23)8-9-21(19)26-16-20(24)14-22-10-6-4-5-7-11-22;5-3(6)1-2-4(7)8/h8-9,13,20,24H,3-7,10-12,14-16H2,1-2H3;1-2H,(H,5,6)(H,7,8)/b;2-1-. The van der Waals surface area contributed by atoms with Crippen molar-refractivity contribution in [3.05, 3.63) is 41.5 Å². The van der Waals surface area contributed by atoms with E-state index in [0.29, 0.717) is 43.2 Å². The minimum atomic E-state index is -1.26. The molecule has 0 bridgehead atoms. The van der Waals surface area contributed by atoms with Crippen molar-refractivity contribution in [2.45, 2.75) is 58.7 Å². The minimum absolute atomic E-state index is 0.0227. The van der Waals surface area contributed by atoms with Crippen LogP contribution >= 0.6 is 0 Å². The molecule has 1 aliphatic rings. The highest BCUT2D eigenvalue weighted by Gasteiger charge is 2.15. The van der Waals surface area contributed by atoms with Crippen LogP contribution in [0.5, 0.6) is 5.75 Å². The maximum atomic E-state index is 11.6. The van der Waals surface area contributed by atoms with Crippen molar-refractivity contribution in [1.82, 2.24) is 4.90 Å². The lowest BCUT2D eigenvalue weighted by atomic mass is 10.1. The fourth-order valence-electron chi connectivity index (χ4n) is 3.38. The topological polar surface area (TPSA) is 134 Å². The zero-order valence-electron chi connectivity index (χ0n) is 20.1. The molecule has 2 rings (SSSR count). The summed E-state index contributed by atoms with van der Waals surface area (Å²) in [6.07, 6.45) is 6.52. The molecule has 190 valence electrons. The number of benzene rings is 1. The molecule has 1 aromatic rings. The van der Waals surface area contributed by atoms with Gasteiger partial charge in [0.1, 0.15) is 18.5 Å². The summed E-state index contributed by atoms with van der Waals surface area (Å²) in [6, 6.07) is 5.40. The fraction of sp³-hybridized carbons (Fsp3) is 0.560. The maximum absolute atomic E-state index is 11.6. The molecule has 0 aliphatic carbocycles. The number of hydrogen-bond acceptors (Lipinski definition) is 7. The molecule has 1 atom stereocenters. The number of hydrogen-bond donors (Lipinski definition) is 3. The Labute approximate surface area is 201 Å². The van der Waals surface area contributed by atoms with E-state index in [0.717, 1.165) is 25.1 Å². The summed E-state index contributed by atoms with van der Waals surface area (Å²) in [4.78, 5) is 33.1. The van der Waals surface area contributed by atoms with Gasteiger partial charge in [-0.05, 0) is 57.5 Å². The van der Waals surface area contributed by atoms with E-state index < -0.39 is 18.0 Å². The summed E-state index contributed by atoms with van der Waals surface area (Å²) in [7, 11) is 0. The Bertz CT molecular complexity index is 784. The second-order valence-corrected chi connectivity index (χ2v) is 8.12. The first-order valence-corrected chi connectivity index (χ1v) is 11.6. The molecule has 1 unspecified atom stereocenters. The Balaban J connectivity index is 0.000000620. The Morgan fingerprint density at radius 1 is 1.06 bits per heavy atom. The number of carbonyl (C=O) groups excluding carboxylic acids is 1. The lowest BCUT2D eigenvalue weighted by molar-refractivity contribution is -0.134. The van der Waals surface area contributed by atoms with Gasteiger partial charge in [-0.25, -0.2) is 9.59 Å². The average molecular weight is 480 g/mol. The number of carboxylic acid groups (broad SMARTS) is 2. The smallest absolute Gasteiger partial charge is 0.328 e. The number of ether oxygens (including phenoxy) is 2. The second kappa shape index (κ2) is 16.8. The Hall–Kier alpha value is -2.75. The number of aliphatic carboxylic acids is 2. The zero-order chi connectivity index (χ0) is 25.3. The number of aliphatic hydroxyl groups excluding tert-OH is 1. The first kappa shape index (κ1) is 29.3. The predicted octanol–water partition coefficient (Wildman–Crippen LogP) is 3.14. The van der Waals surface area contributed by atoms with Crippen LogP contribution in [0.25, 0.3) is 0 Å². The second-order valence-electron chi connectivity index (χ2n) is 8.12. The summed E-state index contributed by atoms with van der Waals surface area (Å²) < 4.78 is 11.5. The molecule has 34 heavy (non-hydrogen) atoms. The normalized spacial score (nSPS) is 15.1. The predicted molar refractivity (Wildman–Crippen MR) is 127 cm³/mol. The van der Waals surface area contributed by atoms with Gasteiger partial charge in [-0.2, -0.15) is 0 Å². The van der Waals surface area contributed by atoms with Gasteiger partial charge in [-0.1, -0.05) is 19.8 Å². The van der Waals surface area contributed by atoms with Crippen molar-refractivity contribution >= 4 is 17.7 Å². The van der Waals surface area contributed by atoms with Crippen molar-refractivity contribution < 1.29 is 39.2 Å². The van der Waals surface area contributed by atoms with Gasteiger partial charge < -0.3 is 29.7 Å². The molecule has 1 heterocycles. The third-order valence-electron chi connectivity index (χ3n) is 5.04. The highest BCUT2D eigenvalue weighted by atomic mass is 16.5. The van der Waals surface area contributed by atoms with Gasteiger partial charge >= 0.3 is 11.9 Å². The molecule has 9 nitrogen and oxygen atoms in total. The van der Waals surface area contributed by atoms with Crippen LogP contribution in [0.2, 0.25) is 0 Å². The van der Waals surface area contributed by atoms with Gasteiger partial charge in [0.25, 0.3) is 0 Å². The lowest BCUT2D eigenvalue weighted by Gasteiger charge is -2.23. The van der Waals surface area contributed by atoms with Crippen LogP contribution < -0.4 is 4.74 Å². The monoisotopic (exact) mass is 479 g/mol. The van der Waals surface area contributed by atoms with E-state index >= 15 is 0 Å². The molecular weight excluding hydrogens is 442 g/mol. The van der Waals surface area contributed by atoms with Crippen LogP contribution in [-0.4, -0.2) is 76.9 Å². The van der Waals surface area contributed by atoms with Gasteiger partial charge in [0.15, 0.2) is 5.78 Å². The van der Waals surface area contributed by atoms with Crippen molar-refractivity contribution in [2.75, 3.05) is 32.8 Å². The van der Waals surface area contributed by atoms with E-state index in [1.54, 1.807) is 19.1 Å². The van der Waals surface area contributed by atoms with Crippen molar-refractivity contribution in [3.63, 3.8) is 0 Å². The summed E-state index contributed by atoms with van der Waals surface area (Å²) >= 11 is 0. The molecule has 9 heteroatoms. The summed E-state index contributed by atoms with van der Waals surface area (Å²) in [6.45, 7) is 7.69. The number of nitrogens with zero attached hydrogens (tertiary/aromatic N) is 1. The van der Waals surface area contributed by atoms with Gasteiger partial charge in [0, 0.05) is 36.4 Å². The third kappa shape index (κ3) is 13.1. The summed E-state index contributed by atoms with van der Waals surface area (Å²) in [5.41, 5.74) is 1.51. The number of ketones is 1. The quantitative estimate of drug-likeness (QED) is 0.235. The number of carbonyl (C=O) groups is 3. The van der Waals surface area contributed by atoms with E-state index in [1.807, 2.05) is 6.07 Å². The summed E-state index contributed by atoms with van der Waals surface area (Å²) in [5.74, 6) is -1.81. The SMILES string of the molecule is CCCOCc1cc(C(C)=O)ccc1OCC(O)CN1CCCCCC1.O=C(O)/C=C\C(=O)O. The van der Waals surface area contributed by atoms with Gasteiger partial charge in [-0.3, -0.25) is 4.79 Å². The Kier molecular flexibility index (Phi) is 14.5. The third-order valence-corrected chi connectivity index (χ3v) is 5.04. The first-order valence-electron chi connectivity index (χ1n) is 11.6. The number of likely N-dealkylation sites (tertiary alicyclic amines) is 1. The molecule has 0 saturated carbocycles. The Morgan fingerprint density at radius 3 is 2.21 bits per heavy atom. The van der Waals surface area contributed by atoms with Crippen LogP contribution in [0, 0.1) is 0 Å². The molecule has 0 aromatic heterocycles. The molecule has 1 fully saturated rings. The van der Waals surface area contributed by atoms with Gasteiger partial charge in [-0.15, -0.1) is 0 Å². The molecule has 1 saturated heterocycles. The lowest BCUT2D eigenvalue weighted by Crippen LogP contribution is -2.36. The van der Waals surface area contributed by atoms with Crippen LogP contribution in [-0.2, 0) is 20.9 Å². The van der Waals surface area contributed by atoms with E-state index in [1.165, 1.54) is 25.7 Å². The highest BCUT2D eigenvalue weighted by Crippen LogP contribution is 2.22. The molecule has 1 aliphatic heterocycles. The fourth-order valence-corrected chi connectivity index (χ4v) is 3.38. The average Bonchev–Trinajstić information content (AvgIpc) is 3.06. The highest BCUT2D eigenvalue weighted by molar-refractivity contribution is 5.94. The maximum Gasteiger partial charge on any atom is 0.328 e. The molecule has 0 radical (unpaired) electrons. The van der Waals surface area contributed by atoms with Crippen LogP contribution in [0.15, 0.2) is 30.4 Å². The number of aliphatic hydroxyl groups is 1. The largest absolute Gasteiger partial charge is 0.490 e. The number of Topliss-reactive ketones (excluding diaryl/α,β-unsaturated/α-hetero) is 1. The van der Waals surface area contributed by atoms with Crippen LogP contribution in [0.4, 0.5) is 0 Å². The number of rotatable bonds is 12. The van der Waals surface area contributed by atoms with Crippen LogP contribution in [0.3, 0.4) is 0 Å². The summed E-state index contributed by atoms with van der Waals surface area (Å²) in [5, 5.41) is 26.0. The number of β-amino-alcohol motifs (C(OH)–C–C–N with tert-alkyl or cyclic N) is 1. The van der Waals surface area contributed by atoms with E-state index in [2.05, 4.69) is 11.8 Å².